The monoisotopic (exact) mass is 198 g/mol. The van der Waals surface area contributed by atoms with E-state index in [0.29, 0.717) is 5.82 Å². The van der Waals surface area contributed by atoms with E-state index in [1.807, 2.05) is 6.07 Å². The molecule has 0 spiro atoms. The molecule has 0 saturated heterocycles. The smallest absolute Gasteiger partial charge is 0.234 e. The summed E-state index contributed by atoms with van der Waals surface area (Å²) in [5, 5.41) is 11.6. The molecule has 0 unspecified atom stereocenters. The van der Waals surface area contributed by atoms with Crippen LogP contribution in [0.3, 0.4) is 0 Å². The number of hydrogen-bond acceptors (Lipinski definition) is 4. The molecule has 1 heterocycles. The first-order valence-electron chi connectivity index (χ1n) is 4.25. The van der Waals surface area contributed by atoms with Gasteiger partial charge in [0.15, 0.2) is 0 Å². The molecule has 0 aromatic carbocycles. The van der Waals surface area contributed by atoms with E-state index in [4.69, 9.17) is 5.26 Å². The topological polar surface area (TPSA) is 61.6 Å². The first kappa shape index (κ1) is 10.7. The predicted molar refractivity (Wildman–Crippen MR) is 58.8 cm³/mol. The third-order valence-electron chi connectivity index (χ3n) is 1.55. The lowest BCUT2D eigenvalue weighted by Gasteiger charge is -2.04. The van der Waals surface area contributed by atoms with Gasteiger partial charge >= 0.3 is 0 Å². The molecule has 0 aliphatic rings. The second-order valence-electron chi connectivity index (χ2n) is 2.56. The predicted octanol–water partition coefficient (Wildman–Crippen LogP) is 2.02. The van der Waals surface area contributed by atoms with E-state index in [0.717, 1.165) is 5.70 Å². The minimum Gasteiger partial charge on any atom is -0.340 e. The van der Waals surface area contributed by atoms with Crippen molar-refractivity contribution >= 4 is 5.82 Å². The van der Waals surface area contributed by atoms with Crippen LogP contribution in [0.5, 0.6) is 0 Å². The van der Waals surface area contributed by atoms with Crippen molar-refractivity contribution in [2.45, 2.75) is 0 Å². The SMILES string of the molecule is C=C/C=C(\C=C)Nc1ccnc(C#N)n1. The molecule has 1 aromatic heterocycles. The van der Waals surface area contributed by atoms with E-state index in [9.17, 15) is 0 Å². The zero-order chi connectivity index (χ0) is 11.1. The van der Waals surface area contributed by atoms with E-state index in [1.54, 1.807) is 24.3 Å². The number of nitriles is 1. The van der Waals surface area contributed by atoms with E-state index in [2.05, 4.69) is 28.4 Å². The molecular weight excluding hydrogens is 188 g/mol. The number of rotatable bonds is 4. The van der Waals surface area contributed by atoms with Gasteiger partial charge in [-0.25, -0.2) is 9.97 Å². The number of allylic oxidation sites excluding steroid dienone is 3. The lowest BCUT2D eigenvalue weighted by molar-refractivity contribution is 1.11. The second-order valence-corrected chi connectivity index (χ2v) is 2.56. The minimum atomic E-state index is 0.127. The summed E-state index contributed by atoms with van der Waals surface area (Å²) in [5.41, 5.74) is 0.757. The summed E-state index contributed by atoms with van der Waals surface area (Å²) in [4.78, 5) is 7.71. The van der Waals surface area contributed by atoms with Gasteiger partial charge < -0.3 is 5.32 Å². The van der Waals surface area contributed by atoms with Crippen molar-refractivity contribution in [3.8, 4) is 6.07 Å². The lowest BCUT2D eigenvalue weighted by Crippen LogP contribution is -2.00. The highest BCUT2D eigenvalue weighted by molar-refractivity contribution is 5.45. The summed E-state index contributed by atoms with van der Waals surface area (Å²) in [5.74, 6) is 0.677. The van der Waals surface area contributed by atoms with Crippen molar-refractivity contribution in [2.24, 2.45) is 0 Å². The fourth-order valence-electron chi connectivity index (χ4n) is 0.918. The van der Waals surface area contributed by atoms with Crippen LogP contribution in [-0.4, -0.2) is 9.97 Å². The molecule has 0 saturated carbocycles. The Labute approximate surface area is 88.3 Å². The number of aromatic nitrogens is 2. The zero-order valence-electron chi connectivity index (χ0n) is 8.14. The normalized spacial score (nSPS) is 10.2. The van der Waals surface area contributed by atoms with Gasteiger partial charge in [-0.1, -0.05) is 19.2 Å². The molecule has 1 rings (SSSR count). The summed E-state index contributed by atoms with van der Waals surface area (Å²) in [6.45, 7) is 7.21. The van der Waals surface area contributed by atoms with Crippen molar-refractivity contribution in [1.82, 2.24) is 9.97 Å². The molecule has 0 atom stereocenters. The van der Waals surface area contributed by atoms with Crippen LogP contribution in [0.2, 0.25) is 0 Å². The molecule has 15 heavy (non-hydrogen) atoms. The zero-order valence-corrected chi connectivity index (χ0v) is 8.14. The molecule has 0 aliphatic heterocycles. The third-order valence-corrected chi connectivity index (χ3v) is 1.55. The molecule has 4 nitrogen and oxygen atoms in total. The fraction of sp³-hybridized carbons (Fsp3) is 0. The third kappa shape index (κ3) is 3.08. The molecule has 0 radical (unpaired) electrons. The van der Waals surface area contributed by atoms with Crippen LogP contribution in [0.25, 0.3) is 0 Å². The average molecular weight is 198 g/mol. The Kier molecular flexibility index (Phi) is 3.80. The molecule has 0 amide bonds. The largest absolute Gasteiger partial charge is 0.340 e. The van der Waals surface area contributed by atoms with Crippen molar-refractivity contribution < 1.29 is 0 Å². The number of anilines is 1. The average Bonchev–Trinajstić information content (AvgIpc) is 2.29. The number of nitrogens with one attached hydrogen (secondary N) is 1. The maximum Gasteiger partial charge on any atom is 0.234 e. The van der Waals surface area contributed by atoms with Crippen molar-refractivity contribution in [3.05, 3.63) is 55.2 Å². The second kappa shape index (κ2) is 5.35. The Morgan fingerprint density at radius 3 is 2.93 bits per heavy atom. The summed E-state index contributed by atoms with van der Waals surface area (Å²) in [6, 6.07) is 3.53. The summed E-state index contributed by atoms with van der Waals surface area (Å²) < 4.78 is 0. The van der Waals surface area contributed by atoms with E-state index >= 15 is 0 Å². The van der Waals surface area contributed by atoms with E-state index in [1.165, 1.54) is 6.20 Å². The Balaban J connectivity index is 2.89. The molecule has 1 N–H and O–H groups in total. The molecule has 0 fully saturated rings. The maximum absolute atomic E-state index is 8.60. The van der Waals surface area contributed by atoms with Crippen LogP contribution in [0.15, 0.2) is 49.3 Å². The van der Waals surface area contributed by atoms with Crippen molar-refractivity contribution in [1.29, 1.82) is 5.26 Å². The Morgan fingerprint density at radius 2 is 2.33 bits per heavy atom. The lowest BCUT2D eigenvalue weighted by atomic mass is 10.3. The Hall–Kier alpha value is -2.41. The van der Waals surface area contributed by atoms with Gasteiger partial charge in [0.1, 0.15) is 11.9 Å². The first-order valence-corrected chi connectivity index (χ1v) is 4.25. The van der Waals surface area contributed by atoms with Crippen LogP contribution < -0.4 is 5.32 Å². The van der Waals surface area contributed by atoms with Gasteiger partial charge in [0.25, 0.3) is 0 Å². The first-order chi connectivity index (χ1) is 7.30. The number of nitrogens with zero attached hydrogens (tertiary/aromatic N) is 3. The van der Waals surface area contributed by atoms with Crippen LogP contribution >= 0.6 is 0 Å². The maximum atomic E-state index is 8.60. The van der Waals surface area contributed by atoms with Gasteiger partial charge in [-0.3, -0.25) is 0 Å². The van der Waals surface area contributed by atoms with Gasteiger partial charge in [-0.15, -0.1) is 0 Å². The van der Waals surface area contributed by atoms with Gasteiger partial charge in [0.2, 0.25) is 5.82 Å². The molecule has 0 aliphatic carbocycles. The van der Waals surface area contributed by atoms with Crippen LogP contribution in [0.4, 0.5) is 5.82 Å². The van der Waals surface area contributed by atoms with Gasteiger partial charge in [-0.05, 0) is 18.2 Å². The molecule has 4 heteroatoms. The highest BCUT2D eigenvalue weighted by Gasteiger charge is 1.97. The van der Waals surface area contributed by atoms with Crippen molar-refractivity contribution in [2.75, 3.05) is 5.32 Å². The summed E-state index contributed by atoms with van der Waals surface area (Å²) in [7, 11) is 0. The molecule has 74 valence electrons. The fourth-order valence-corrected chi connectivity index (χ4v) is 0.918. The van der Waals surface area contributed by atoms with Crippen LogP contribution in [-0.2, 0) is 0 Å². The molecule has 1 aromatic rings. The molecular formula is C11H10N4. The highest BCUT2D eigenvalue weighted by Crippen LogP contribution is 2.06. The van der Waals surface area contributed by atoms with Crippen molar-refractivity contribution in [3.63, 3.8) is 0 Å². The van der Waals surface area contributed by atoms with Crippen LogP contribution in [0, 0.1) is 11.3 Å². The Bertz CT molecular complexity index is 440. The summed E-state index contributed by atoms with van der Waals surface area (Å²) >= 11 is 0. The number of hydrogen-bond donors (Lipinski definition) is 1. The quantitative estimate of drug-likeness (QED) is 0.752. The molecule has 0 bridgehead atoms. The Morgan fingerprint density at radius 1 is 1.53 bits per heavy atom. The van der Waals surface area contributed by atoms with E-state index in [-0.39, 0.29) is 5.82 Å². The minimum absolute atomic E-state index is 0.127. The standard InChI is InChI=1S/C11H10N4/c1-3-5-9(4-2)14-10-6-7-13-11(8-12)15-10/h3-7H,1-2H2,(H,13,14,15)/b9-5+. The van der Waals surface area contributed by atoms with Crippen LogP contribution in [0.1, 0.15) is 5.82 Å². The van der Waals surface area contributed by atoms with Gasteiger partial charge in [-0.2, -0.15) is 5.26 Å². The van der Waals surface area contributed by atoms with Gasteiger partial charge in [0.05, 0.1) is 0 Å². The highest BCUT2D eigenvalue weighted by atomic mass is 15.0. The van der Waals surface area contributed by atoms with Gasteiger partial charge in [0, 0.05) is 11.9 Å². The van der Waals surface area contributed by atoms with E-state index < -0.39 is 0 Å². The summed E-state index contributed by atoms with van der Waals surface area (Å²) in [6.07, 6.45) is 6.54.